The van der Waals surface area contributed by atoms with Crippen LogP contribution in [0.3, 0.4) is 0 Å². The van der Waals surface area contributed by atoms with E-state index in [9.17, 15) is 9.59 Å². The fourth-order valence-electron chi connectivity index (χ4n) is 3.19. The Morgan fingerprint density at radius 3 is 1.52 bits per heavy atom. The van der Waals surface area contributed by atoms with Crippen LogP contribution in [0.1, 0.15) is 70.7 Å². The Morgan fingerprint density at radius 1 is 0.727 bits per heavy atom. The van der Waals surface area contributed by atoms with Crippen LogP contribution in [0.4, 0.5) is 0 Å². The van der Waals surface area contributed by atoms with Gasteiger partial charge in [-0.2, -0.15) is 0 Å². The predicted molar refractivity (Wildman–Crippen MR) is 139 cm³/mol. The van der Waals surface area contributed by atoms with Crippen LogP contribution in [-0.2, 0) is 20.4 Å². The van der Waals surface area contributed by atoms with Crippen LogP contribution in [0.2, 0.25) is 0 Å². The van der Waals surface area contributed by atoms with Gasteiger partial charge in [-0.3, -0.25) is 9.59 Å². The molecule has 2 rings (SSSR count). The van der Waals surface area contributed by atoms with Gasteiger partial charge in [0, 0.05) is 24.7 Å². The first-order chi connectivity index (χ1) is 15.3. The highest BCUT2D eigenvalue weighted by atomic mass is 16.2. The maximum absolute atomic E-state index is 12.2. The average Bonchev–Trinajstić information content (AvgIpc) is 2.74. The summed E-state index contributed by atoms with van der Waals surface area (Å²) in [6, 6.07) is 16.2. The van der Waals surface area contributed by atoms with E-state index in [4.69, 9.17) is 0 Å². The molecule has 0 aliphatic carbocycles. The van der Waals surface area contributed by atoms with Gasteiger partial charge in [0.25, 0.3) is 0 Å². The molecule has 33 heavy (non-hydrogen) atoms. The molecule has 1 atom stereocenters. The first kappa shape index (κ1) is 26.1. The molecule has 0 saturated carbocycles. The minimum Gasteiger partial charge on any atom is -0.351 e. The number of carbonyl (C=O) groups excluding carboxylic acids is 2. The summed E-state index contributed by atoms with van der Waals surface area (Å²) in [6.07, 6.45) is 6.62. The number of benzene rings is 2. The van der Waals surface area contributed by atoms with Gasteiger partial charge in [0.05, 0.1) is 0 Å². The molecule has 2 aromatic carbocycles. The molecule has 2 amide bonds. The van der Waals surface area contributed by atoms with Crippen LogP contribution in [0, 0.1) is 0 Å². The molecule has 0 fully saturated rings. The highest BCUT2D eigenvalue weighted by molar-refractivity contribution is 5.93. The van der Waals surface area contributed by atoms with Crippen LogP contribution in [0.5, 0.6) is 0 Å². The zero-order valence-corrected chi connectivity index (χ0v) is 21.0. The van der Waals surface area contributed by atoms with E-state index in [-0.39, 0.29) is 28.7 Å². The van der Waals surface area contributed by atoms with Crippen molar-refractivity contribution in [3.05, 3.63) is 82.9 Å². The van der Waals surface area contributed by atoms with Crippen molar-refractivity contribution in [2.75, 3.05) is 6.54 Å². The third kappa shape index (κ3) is 9.09. The van der Waals surface area contributed by atoms with Crippen molar-refractivity contribution in [3.8, 4) is 0 Å². The van der Waals surface area contributed by atoms with Gasteiger partial charge in [0.1, 0.15) is 0 Å². The normalized spacial score (nSPS) is 13.3. The van der Waals surface area contributed by atoms with Crippen LogP contribution < -0.4 is 10.6 Å². The molecule has 2 N–H and O–H groups in total. The molecule has 0 radical (unpaired) electrons. The van der Waals surface area contributed by atoms with Crippen molar-refractivity contribution in [2.24, 2.45) is 0 Å². The van der Waals surface area contributed by atoms with Crippen molar-refractivity contribution in [1.29, 1.82) is 0 Å². The Labute approximate surface area is 199 Å². The molecule has 4 nitrogen and oxygen atoms in total. The quantitative estimate of drug-likeness (QED) is 0.542. The summed E-state index contributed by atoms with van der Waals surface area (Å²) in [4.78, 5) is 24.3. The summed E-state index contributed by atoms with van der Waals surface area (Å²) in [5.41, 5.74) is 4.66. The third-order valence-electron chi connectivity index (χ3n) is 5.38. The number of hydrogen-bond acceptors (Lipinski definition) is 2. The van der Waals surface area contributed by atoms with Crippen molar-refractivity contribution < 1.29 is 9.59 Å². The Hall–Kier alpha value is -3.14. The van der Waals surface area contributed by atoms with E-state index in [2.05, 4.69) is 76.4 Å². The van der Waals surface area contributed by atoms with Gasteiger partial charge in [0.2, 0.25) is 11.8 Å². The Kier molecular flexibility index (Phi) is 8.81. The topological polar surface area (TPSA) is 58.2 Å². The largest absolute Gasteiger partial charge is 0.351 e. The Balaban J connectivity index is 1.78. The summed E-state index contributed by atoms with van der Waals surface area (Å²) in [5.74, 6) is -0.378. The highest BCUT2D eigenvalue weighted by Gasteiger charge is 2.13. The fraction of sp³-hybridized carbons (Fsp3) is 0.379. The smallest absolute Gasteiger partial charge is 0.244 e. The monoisotopic (exact) mass is 446 g/mol. The minimum absolute atomic E-state index is 0.103. The highest BCUT2D eigenvalue weighted by Crippen LogP contribution is 2.23. The molecular formula is C29H38N2O2. The number of hydrogen-bond donors (Lipinski definition) is 2. The van der Waals surface area contributed by atoms with Gasteiger partial charge in [0.15, 0.2) is 0 Å². The van der Waals surface area contributed by atoms with Crippen LogP contribution in [-0.4, -0.2) is 24.4 Å². The maximum atomic E-state index is 12.2. The Bertz CT molecular complexity index is 986. The molecule has 0 aliphatic rings. The molecular weight excluding hydrogens is 408 g/mol. The van der Waals surface area contributed by atoms with Crippen molar-refractivity contribution >= 4 is 24.0 Å². The summed E-state index contributed by atoms with van der Waals surface area (Å²) >= 11 is 0. The molecule has 176 valence electrons. The number of nitrogens with one attached hydrogen (secondary N) is 2. The lowest BCUT2D eigenvalue weighted by Crippen LogP contribution is -2.40. The predicted octanol–water partition coefficient (Wildman–Crippen LogP) is 5.63. The fourth-order valence-corrected chi connectivity index (χ4v) is 3.19. The molecule has 0 saturated heterocycles. The summed E-state index contributed by atoms with van der Waals surface area (Å²) in [5, 5.41) is 5.69. The molecule has 0 spiro atoms. The summed E-state index contributed by atoms with van der Waals surface area (Å²) < 4.78 is 0. The second kappa shape index (κ2) is 11.1. The summed E-state index contributed by atoms with van der Waals surface area (Å²) in [6.45, 7) is 15.2. The van der Waals surface area contributed by atoms with Crippen LogP contribution in [0.25, 0.3) is 12.2 Å². The van der Waals surface area contributed by atoms with Crippen molar-refractivity contribution in [1.82, 2.24) is 10.6 Å². The minimum atomic E-state index is -0.189. The molecule has 0 aromatic heterocycles. The zero-order valence-electron chi connectivity index (χ0n) is 21.0. The Morgan fingerprint density at radius 2 is 1.12 bits per heavy atom. The van der Waals surface area contributed by atoms with Gasteiger partial charge in [-0.15, -0.1) is 0 Å². The average molecular weight is 447 g/mol. The van der Waals surface area contributed by atoms with Crippen molar-refractivity contribution in [3.63, 3.8) is 0 Å². The van der Waals surface area contributed by atoms with Gasteiger partial charge in [-0.05, 0) is 52.2 Å². The second-order valence-electron chi connectivity index (χ2n) is 10.6. The molecule has 0 unspecified atom stereocenters. The van der Waals surface area contributed by atoms with Gasteiger partial charge >= 0.3 is 0 Å². The second-order valence-corrected chi connectivity index (χ2v) is 10.6. The summed E-state index contributed by atoms with van der Waals surface area (Å²) in [7, 11) is 0. The number of carbonyl (C=O) groups is 2. The zero-order chi connectivity index (χ0) is 24.6. The lowest BCUT2D eigenvalue weighted by Gasteiger charge is -2.18. The van der Waals surface area contributed by atoms with Crippen LogP contribution in [0.15, 0.2) is 60.7 Å². The standard InChI is InChI=1S/C29H38N2O2/c1-21(31-27(33)19-13-23-10-16-25(17-11-23)29(5,6)7)20-30-26(32)18-12-22-8-14-24(15-9-22)28(2,3)4/h8-19,21H,20H2,1-7H3,(H,30,32)(H,31,33)/b18-12-,19-13+/t21-/m1/s1. The number of rotatable bonds is 7. The SMILES string of the molecule is C[C@H](CNC(=O)/C=C\c1ccc(C(C)(C)C)cc1)NC(=O)/C=C/c1ccc(C(C)(C)C)cc1. The lowest BCUT2D eigenvalue weighted by molar-refractivity contribution is -0.118. The molecule has 0 heterocycles. The molecule has 0 aliphatic heterocycles. The first-order valence-electron chi connectivity index (χ1n) is 11.5. The number of amides is 2. The third-order valence-corrected chi connectivity index (χ3v) is 5.38. The van der Waals surface area contributed by atoms with Crippen molar-refractivity contribution in [2.45, 2.75) is 65.3 Å². The van der Waals surface area contributed by atoms with E-state index in [0.29, 0.717) is 6.54 Å². The maximum Gasteiger partial charge on any atom is 0.244 e. The van der Waals surface area contributed by atoms with Crippen LogP contribution >= 0.6 is 0 Å². The van der Waals surface area contributed by atoms with E-state index in [1.807, 2.05) is 31.2 Å². The molecule has 2 aromatic rings. The van der Waals surface area contributed by atoms with E-state index < -0.39 is 0 Å². The molecule has 0 bridgehead atoms. The van der Waals surface area contributed by atoms with Gasteiger partial charge in [-0.25, -0.2) is 0 Å². The van der Waals surface area contributed by atoms with E-state index in [0.717, 1.165) is 11.1 Å². The van der Waals surface area contributed by atoms with Gasteiger partial charge in [-0.1, -0.05) is 90.1 Å². The van der Waals surface area contributed by atoms with E-state index >= 15 is 0 Å². The van der Waals surface area contributed by atoms with Gasteiger partial charge < -0.3 is 10.6 Å². The van der Waals surface area contributed by atoms with E-state index in [1.165, 1.54) is 23.3 Å². The molecule has 4 heteroatoms. The van der Waals surface area contributed by atoms with E-state index in [1.54, 1.807) is 12.2 Å². The first-order valence-corrected chi connectivity index (χ1v) is 11.5. The lowest BCUT2D eigenvalue weighted by atomic mass is 9.87.